The van der Waals surface area contributed by atoms with Crippen LogP contribution in [0.2, 0.25) is 0 Å². The zero-order chi connectivity index (χ0) is 11.4. The van der Waals surface area contributed by atoms with Crippen LogP contribution in [0, 0.1) is 0 Å². The summed E-state index contributed by atoms with van der Waals surface area (Å²) in [6.45, 7) is 0. The fraction of sp³-hybridized carbons (Fsp3) is 0.167. The molecule has 1 aromatic heterocycles. The zero-order valence-electron chi connectivity index (χ0n) is 8.85. The molecule has 0 spiro atoms. The molecule has 0 radical (unpaired) electrons. The maximum absolute atomic E-state index is 5.70. The van der Waals surface area contributed by atoms with E-state index in [0.29, 0.717) is 11.7 Å². The third kappa shape index (κ3) is 2.31. The highest BCUT2D eigenvalue weighted by Crippen LogP contribution is 2.21. The summed E-state index contributed by atoms with van der Waals surface area (Å²) >= 11 is 5.70. The number of alkyl halides is 1. The first kappa shape index (κ1) is 10.9. The van der Waals surface area contributed by atoms with Gasteiger partial charge in [-0.1, -0.05) is 12.1 Å². The first-order valence-corrected chi connectivity index (χ1v) is 5.39. The van der Waals surface area contributed by atoms with Gasteiger partial charge in [0, 0.05) is 11.8 Å². The van der Waals surface area contributed by atoms with Crippen molar-refractivity contribution >= 4 is 11.6 Å². The van der Waals surface area contributed by atoms with E-state index in [-0.39, 0.29) is 0 Å². The number of halogens is 1. The van der Waals surface area contributed by atoms with Gasteiger partial charge in [0.15, 0.2) is 0 Å². The van der Waals surface area contributed by atoms with Gasteiger partial charge in [-0.05, 0) is 18.2 Å². The summed E-state index contributed by atoms with van der Waals surface area (Å²) in [5.74, 6) is 1.75. The molecular weight excluding hydrogens is 224 g/mol. The molecule has 0 aliphatic carbocycles. The molecule has 0 saturated carbocycles. The summed E-state index contributed by atoms with van der Waals surface area (Å²) in [5.41, 5.74) is 1.85. The van der Waals surface area contributed by atoms with E-state index in [2.05, 4.69) is 9.97 Å². The van der Waals surface area contributed by atoms with Crippen molar-refractivity contribution in [1.82, 2.24) is 9.97 Å². The molecule has 4 heteroatoms. The summed E-state index contributed by atoms with van der Waals surface area (Å²) in [7, 11) is 1.64. The number of aromatic nitrogens is 2. The van der Waals surface area contributed by atoms with Crippen LogP contribution >= 0.6 is 11.6 Å². The van der Waals surface area contributed by atoms with Crippen molar-refractivity contribution in [3.8, 4) is 17.0 Å². The van der Waals surface area contributed by atoms with Crippen molar-refractivity contribution in [2.24, 2.45) is 0 Å². The van der Waals surface area contributed by atoms with Gasteiger partial charge in [0.1, 0.15) is 11.6 Å². The summed E-state index contributed by atoms with van der Waals surface area (Å²) in [4.78, 5) is 8.39. The summed E-state index contributed by atoms with van der Waals surface area (Å²) in [5, 5.41) is 0. The molecule has 0 fully saturated rings. The van der Waals surface area contributed by atoms with Crippen molar-refractivity contribution in [2.75, 3.05) is 7.11 Å². The van der Waals surface area contributed by atoms with Gasteiger partial charge in [0.2, 0.25) is 0 Å². The highest BCUT2D eigenvalue weighted by Gasteiger charge is 2.02. The Bertz CT molecular complexity index is 442. The van der Waals surface area contributed by atoms with Gasteiger partial charge in [0.25, 0.3) is 0 Å². The second-order valence-corrected chi connectivity index (χ2v) is 3.49. The van der Waals surface area contributed by atoms with E-state index in [1.165, 1.54) is 0 Å². The monoisotopic (exact) mass is 234 g/mol. The molecule has 0 aliphatic heterocycles. The second-order valence-electron chi connectivity index (χ2n) is 3.22. The highest BCUT2D eigenvalue weighted by atomic mass is 35.5. The van der Waals surface area contributed by atoms with Crippen LogP contribution in [-0.2, 0) is 5.88 Å². The van der Waals surface area contributed by atoms with Crippen LogP contribution in [0.4, 0.5) is 0 Å². The van der Waals surface area contributed by atoms with Crippen LogP contribution in [0.15, 0.2) is 36.5 Å². The van der Waals surface area contributed by atoms with Crippen LogP contribution in [-0.4, -0.2) is 17.1 Å². The lowest BCUT2D eigenvalue weighted by Crippen LogP contribution is -1.93. The van der Waals surface area contributed by atoms with E-state index >= 15 is 0 Å². The lowest BCUT2D eigenvalue weighted by Gasteiger charge is -2.04. The van der Waals surface area contributed by atoms with E-state index in [1.807, 2.05) is 30.3 Å². The molecular formula is C12H11ClN2O. The zero-order valence-corrected chi connectivity index (χ0v) is 9.61. The van der Waals surface area contributed by atoms with Gasteiger partial charge in [-0.2, -0.15) is 0 Å². The van der Waals surface area contributed by atoms with E-state index in [1.54, 1.807) is 13.3 Å². The molecule has 0 unspecified atom stereocenters. The van der Waals surface area contributed by atoms with Crippen LogP contribution in [0.3, 0.4) is 0 Å². The Labute approximate surface area is 99.1 Å². The minimum Gasteiger partial charge on any atom is -0.497 e. The third-order valence-corrected chi connectivity index (χ3v) is 2.43. The topological polar surface area (TPSA) is 35.0 Å². The normalized spacial score (nSPS) is 10.1. The minimum absolute atomic E-state index is 0.317. The Kier molecular flexibility index (Phi) is 3.37. The fourth-order valence-corrected chi connectivity index (χ4v) is 1.54. The molecule has 0 aliphatic rings. The Morgan fingerprint density at radius 2 is 2.19 bits per heavy atom. The standard InChI is InChI=1S/C12H11ClN2O/c1-16-10-4-2-3-9(7-10)11-5-6-14-12(8-13)15-11/h2-7H,8H2,1H3. The number of methoxy groups -OCH3 is 1. The molecule has 82 valence electrons. The summed E-state index contributed by atoms with van der Waals surface area (Å²) in [6.07, 6.45) is 1.71. The quantitative estimate of drug-likeness (QED) is 0.766. The van der Waals surface area contributed by atoms with Crippen molar-refractivity contribution in [2.45, 2.75) is 5.88 Å². The van der Waals surface area contributed by atoms with Crippen LogP contribution in [0.1, 0.15) is 5.82 Å². The molecule has 1 heterocycles. The van der Waals surface area contributed by atoms with Gasteiger partial charge in [0.05, 0.1) is 18.7 Å². The maximum atomic E-state index is 5.70. The van der Waals surface area contributed by atoms with Crippen molar-refractivity contribution < 1.29 is 4.74 Å². The SMILES string of the molecule is COc1cccc(-c2ccnc(CCl)n2)c1. The van der Waals surface area contributed by atoms with E-state index in [4.69, 9.17) is 16.3 Å². The lowest BCUT2D eigenvalue weighted by atomic mass is 10.1. The second kappa shape index (κ2) is 4.94. The molecule has 3 nitrogen and oxygen atoms in total. The lowest BCUT2D eigenvalue weighted by molar-refractivity contribution is 0.415. The van der Waals surface area contributed by atoms with Gasteiger partial charge in [-0.15, -0.1) is 11.6 Å². The van der Waals surface area contributed by atoms with Gasteiger partial charge >= 0.3 is 0 Å². The van der Waals surface area contributed by atoms with Crippen molar-refractivity contribution in [3.05, 3.63) is 42.4 Å². The Balaban J connectivity index is 2.41. The molecule has 1 aromatic carbocycles. The van der Waals surface area contributed by atoms with E-state index in [9.17, 15) is 0 Å². The molecule has 0 atom stereocenters. The average Bonchev–Trinajstić information content (AvgIpc) is 2.39. The van der Waals surface area contributed by atoms with Crippen molar-refractivity contribution in [3.63, 3.8) is 0 Å². The third-order valence-electron chi connectivity index (χ3n) is 2.19. The predicted molar refractivity (Wildman–Crippen MR) is 63.6 cm³/mol. The molecule has 0 saturated heterocycles. The summed E-state index contributed by atoms with van der Waals surface area (Å²) in [6, 6.07) is 9.58. The van der Waals surface area contributed by atoms with Crippen molar-refractivity contribution in [1.29, 1.82) is 0 Å². The Hall–Kier alpha value is -1.61. The first-order chi connectivity index (χ1) is 7.83. The number of rotatable bonds is 3. The molecule has 2 aromatic rings. The smallest absolute Gasteiger partial charge is 0.143 e. The molecule has 0 N–H and O–H groups in total. The van der Waals surface area contributed by atoms with Crippen LogP contribution in [0.5, 0.6) is 5.75 Å². The fourth-order valence-electron chi connectivity index (χ4n) is 1.41. The highest BCUT2D eigenvalue weighted by molar-refractivity contribution is 6.16. The predicted octanol–water partition coefficient (Wildman–Crippen LogP) is 2.89. The van der Waals surface area contributed by atoms with Gasteiger partial charge < -0.3 is 4.74 Å². The van der Waals surface area contributed by atoms with Crippen LogP contribution < -0.4 is 4.74 Å². The Morgan fingerprint density at radius 1 is 1.31 bits per heavy atom. The molecule has 16 heavy (non-hydrogen) atoms. The van der Waals surface area contributed by atoms with Crippen LogP contribution in [0.25, 0.3) is 11.3 Å². The number of benzene rings is 1. The van der Waals surface area contributed by atoms with Gasteiger partial charge in [-0.3, -0.25) is 0 Å². The molecule has 2 rings (SSSR count). The van der Waals surface area contributed by atoms with E-state index < -0.39 is 0 Å². The largest absolute Gasteiger partial charge is 0.497 e. The maximum Gasteiger partial charge on any atom is 0.143 e. The molecule has 0 bridgehead atoms. The number of hydrogen-bond donors (Lipinski definition) is 0. The van der Waals surface area contributed by atoms with E-state index in [0.717, 1.165) is 17.0 Å². The first-order valence-electron chi connectivity index (χ1n) is 4.86. The number of nitrogens with zero attached hydrogens (tertiary/aromatic N) is 2. The molecule has 0 amide bonds. The average molecular weight is 235 g/mol. The minimum atomic E-state index is 0.317. The summed E-state index contributed by atoms with van der Waals surface area (Å²) < 4.78 is 5.16. The van der Waals surface area contributed by atoms with Gasteiger partial charge in [-0.25, -0.2) is 9.97 Å². The Morgan fingerprint density at radius 3 is 2.94 bits per heavy atom. The number of hydrogen-bond acceptors (Lipinski definition) is 3. The number of ether oxygens (including phenoxy) is 1.